The van der Waals surface area contributed by atoms with Gasteiger partial charge < -0.3 is 19.5 Å². The molecule has 2 aromatic rings. The van der Waals surface area contributed by atoms with E-state index in [2.05, 4.69) is 17.4 Å². The summed E-state index contributed by atoms with van der Waals surface area (Å²) in [6, 6.07) is 13.5. The number of rotatable bonds is 5. The number of ketones is 1. The summed E-state index contributed by atoms with van der Waals surface area (Å²) in [5.74, 6) is 0.220. The van der Waals surface area contributed by atoms with Crippen molar-refractivity contribution in [1.29, 1.82) is 0 Å². The number of allylic oxidation sites excluding steroid dienone is 3. The Kier molecular flexibility index (Phi) is 6.32. The molecule has 2 atom stereocenters. The number of dihydropyridines is 1. The number of Topliss-reactive ketones (excluding diaryl/α,β-unsaturated/α-hetero) is 1. The van der Waals surface area contributed by atoms with Crippen LogP contribution in [0.3, 0.4) is 0 Å². The number of ether oxygens (including phenoxy) is 3. The average molecular weight is 494 g/mol. The van der Waals surface area contributed by atoms with Gasteiger partial charge in [0.1, 0.15) is 0 Å². The highest BCUT2D eigenvalue weighted by Gasteiger charge is 2.42. The number of carbonyl (C=O) groups is 2. The molecule has 2 heterocycles. The van der Waals surface area contributed by atoms with Crippen molar-refractivity contribution in [1.82, 2.24) is 5.32 Å². The number of halogens is 1. The van der Waals surface area contributed by atoms with Gasteiger partial charge in [0.15, 0.2) is 17.3 Å². The topological polar surface area (TPSA) is 73.9 Å². The lowest BCUT2D eigenvalue weighted by atomic mass is 9.71. The molecule has 7 heteroatoms. The van der Waals surface area contributed by atoms with Crippen LogP contribution in [0.25, 0.3) is 0 Å². The molecular weight excluding hydrogens is 466 g/mol. The largest absolute Gasteiger partial charge is 0.462 e. The monoisotopic (exact) mass is 493 g/mol. The zero-order chi connectivity index (χ0) is 24.7. The minimum absolute atomic E-state index is 0.00649. The number of hydrogen-bond donors (Lipinski definition) is 1. The van der Waals surface area contributed by atoms with Crippen LogP contribution < -0.4 is 14.8 Å². The first kappa shape index (κ1) is 23.5. The van der Waals surface area contributed by atoms with Crippen LogP contribution in [-0.2, 0) is 14.3 Å². The van der Waals surface area contributed by atoms with Gasteiger partial charge in [0.2, 0.25) is 6.79 Å². The molecule has 0 saturated heterocycles. The second kappa shape index (κ2) is 9.42. The first-order chi connectivity index (χ1) is 16.8. The molecule has 2 aromatic carbocycles. The second-order valence-corrected chi connectivity index (χ2v) is 10.1. The molecule has 0 radical (unpaired) electrons. The van der Waals surface area contributed by atoms with Gasteiger partial charge in [-0.15, -0.1) is 0 Å². The van der Waals surface area contributed by atoms with E-state index in [0.29, 0.717) is 51.8 Å². The summed E-state index contributed by atoms with van der Waals surface area (Å²) in [6.07, 6.45) is 1.02. The van der Waals surface area contributed by atoms with Crippen LogP contribution in [0.2, 0.25) is 5.02 Å². The molecule has 2 aliphatic heterocycles. The van der Waals surface area contributed by atoms with E-state index in [1.807, 2.05) is 39.0 Å². The molecule has 35 heavy (non-hydrogen) atoms. The Morgan fingerprint density at radius 1 is 1.14 bits per heavy atom. The molecule has 182 valence electrons. The molecule has 0 unspecified atom stereocenters. The Balaban J connectivity index is 1.61. The maximum Gasteiger partial charge on any atom is 0.336 e. The molecule has 0 fully saturated rings. The number of hydrogen-bond acceptors (Lipinski definition) is 6. The first-order valence-electron chi connectivity index (χ1n) is 11.9. The van der Waals surface area contributed by atoms with Crippen LogP contribution in [0.5, 0.6) is 11.5 Å². The van der Waals surface area contributed by atoms with E-state index in [4.69, 9.17) is 25.8 Å². The molecule has 0 aromatic heterocycles. The first-order valence-corrected chi connectivity index (χ1v) is 12.3. The van der Waals surface area contributed by atoms with Gasteiger partial charge in [0.25, 0.3) is 0 Å². The number of nitrogens with one attached hydrogen (secondary N) is 1. The highest BCUT2D eigenvalue weighted by Crippen LogP contribution is 2.49. The molecule has 3 aliphatic rings. The van der Waals surface area contributed by atoms with E-state index in [0.717, 1.165) is 11.3 Å². The second-order valence-electron chi connectivity index (χ2n) is 9.65. The van der Waals surface area contributed by atoms with E-state index in [9.17, 15) is 9.59 Å². The van der Waals surface area contributed by atoms with Gasteiger partial charge in [-0.2, -0.15) is 0 Å². The fourth-order valence-electron chi connectivity index (χ4n) is 5.06. The smallest absolute Gasteiger partial charge is 0.336 e. The predicted octanol–water partition coefficient (Wildman–Crippen LogP) is 5.63. The van der Waals surface area contributed by atoms with Crippen molar-refractivity contribution in [2.45, 2.75) is 45.4 Å². The average Bonchev–Trinajstić information content (AvgIpc) is 3.28. The molecule has 1 N–H and O–H groups in total. The third kappa shape index (κ3) is 4.43. The molecule has 0 amide bonds. The molecule has 0 saturated carbocycles. The van der Waals surface area contributed by atoms with Crippen LogP contribution in [0.15, 0.2) is 65.0 Å². The summed E-state index contributed by atoms with van der Waals surface area (Å²) in [5.41, 5.74) is 4.21. The number of fused-ring (bicyclic) bond motifs is 1. The van der Waals surface area contributed by atoms with Crippen LogP contribution in [0.4, 0.5) is 0 Å². The van der Waals surface area contributed by atoms with E-state index in [1.165, 1.54) is 0 Å². The fourth-order valence-corrected chi connectivity index (χ4v) is 5.32. The molecule has 1 aliphatic carbocycles. The Morgan fingerprint density at radius 2 is 1.86 bits per heavy atom. The van der Waals surface area contributed by atoms with Gasteiger partial charge in [0, 0.05) is 40.4 Å². The zero-order valence-corrected chi connectivity index (χ0v) is 20.8. The number of esters is 1. The van der Waals surface area contributed by atoms with Gasteiger partial charge in [-0.1, -0.05) is 55.8 Å². The standard InChI is InChI=1S/C28H28ClNO5/c1-15(2)13-33-28(32)25-16(3)30-21-9-18(17-7-5-4-6-8-17)10-22(31)27(21)26(25)19-11-23-24(12-20(19)29)35-14-34-23/h4-8,11-12,15,18,26,30H,9-10,13-14H2,1-3H3/t18-,26-/m1/s1. The van der Waals surface area contributed by atoms with Crippen molar-refractivity contribution >= 4 is 23.4 Å². The molecule has 6 nitrogen and oxygen atoms in total. The van der Waals surface area contributed by atoms with Crippen molar-refractivity contribution in [2.75, 3.05) is 13.4 Å². The Bertz CT molecular complexity index is 1250. The Hall–Kier alpha value is -3.25. The van der Waals surface area contributed by atoms with Gasteiger partial charge in [-0.25, -0.2) is 4.79 Å². The lowest BCUT2D eigenvalue weighted by molar-refractivity contribution is -0.140. The number of carbonyl (C=O) groups excluding carboxylic acids is 2. The quantitative estimate of drug-likeness (QED) is 0.544. The maximum absolute atomic E-state index is 13.7. The molecular formula is C28H28ClNO5. The normalized spacial score (nSPS) is 21.2. The highest BCUT2D eigenvalue weighted by molar-refractivity contribution is 6.32. The Labute approximate surface area is 209 Å². The van der Waals surface area contributed by atoms with Crippen molar-refractivity contribution in [2.24, 2.45) is 5.92 Å². The van der Waals surface area contributed by atoms with E-state index in [-0.39, 0.29) is 31.0 Å². The predicted molar refractivity (Wildman–Crippen MR) is 132 cm³/mol. The highest BCUT2D eigenvalue weighted by atomic mass is 35.5. The molecule has 0 spiro atoms. The zero-order valence-electron chi connectivity index (χ0n) is 20.0. The minimum Gasteiger partial charge on any atom is -0.462 e. The lowest BCUT2D eigenvalue weighted by Crippen LogP contribution is -2.36. The lowest BCUT2D eigenvalue weighted by Gasteiger charge is -2.37. The van der Waals surface area contributed by atoms with Crippen molar-refractivity contribution in [3.8, 4) is 11.5 Å². The van der Waals surface area contributed by atoms with Crippen molar-refractivity contribution in [3.05, 3.63) is 81.2 Å². The van der Waals surface area contributed by atoms with E-state index < -0.39 is 11.9 Å². The summed E-state index contributed by atoms with van der Waals surface area (Å²) in [4.78, 5) is 27.1. The molecule has 0 bridgehead atoms. The van der Waals surface area contributed by atoms with Crippen LogP contribution in [0, 0.1) is 5.92 Å². The summed E-state index contributed by atoms with van der Waals surface area (Å²) in [7, 11) is 0. The Morgan fingerprint density at radius 3 is 2.57 bits per heavy atom. The fraction of sp³-hybridized carbons (Fsp3) is 0.357. The summed E-state index contributed by atoms with van der Waals surface area (Å²) >= 11 is 6.73. The van der Waals surface area contributed by atoms with Crippen molar-refractivity contribution < 1.29 is 23.8 Å². The van der Waals surface area contributed by atoms with E-state index in [1.54, 1.807) is 12.1 Å². The van der Waals surface area contributed by atoms with Crippen LogP contribution in [0.1, 0.15) is 56.6 Å². The van der Waals surface area contributed by atoms with Gasteiger partial charge in [0.05, 0.1) is 12.2 Å². The maximum atomic E-state index is 13.7. The summed E-state index contributed by atoms with van der Waals surface area (Å²) in [5, 5.41) is 3.79. The summed E-state index contributed by atoms with van der Waals surface area (Å²) in [6.45, 7) is 6.20. The summed E-state index contributed by atoms with van der Waals surface area (Å²) < 4.78 is 16.7. The number of benzene rings is 2. The van der Waals surface area contributed by atoms with Crippen LogP contribution >= 0.6 is 11.6 Å². The van der Waals surface area contributed by atoms with Gasteiger partial charge >= 0.3 is 5.97 Å². The molecule has 5 rings (SSSR count). The van der Waals surface area contributed by atoms with Crippen molar-refractivity contribution in [3.63, 3.8) is 0 Å². The SMILES string of the molecule is CC1=C(C(=O)OCC(C)C)[C@@H](c2cc3c(cc2Cl)OCO3)C2=C(C[C@@H](c3ccccc3)CC2=O)N1. The minimum atomic E-state index is -0.655. The van der Waals surface area contributed by atoms with Gasteiger partial charge in [-0.3, -0.25) is 4.79 Å². The van der Waals surface area contributed by atoms with Gasteiger partial charge in [-0.05, 0) is 42.4 Å². The van der Waals surface area contributed by atoms with Crippen LogP contribution in [-0.4, -0.2) is 25.2 Å². The third-order valence-corrected chi connectivity index (χ3v) is 7.00. The van der Waals surface area contributed by atoms with E-state index >= 15 is 0 Å². The third-order valence-electron chi connectivity index (χ3n) is 6.67.